The predicted octanol–water partition coefficient (Wildman–Crippen LogP) is 3.82. The normalized spacial score (nSPS) is 14.3. The number of fused-ring (bicyclic) bond motifs is 1. The van der Waals surface area contributed by atoms with Crippen LogP contribution in [0, 0.1) is 0 Å². The van der Waals surface area contributed by atoms with Gasteiger partial charge in [0, 0.05) is 38.6 Å². The first-order chi connectivity index (χ1) is 15.9. The minimum atomic E-state index is -0.326. The van der Waals surface area contributed by atoms with Crippen LogP contribution < -0.4 is 16.0 Å². The maximum atomic E-state index is 12.2. The Kier molecular flexibility index (Phi) is 7.22. The number of halogens is 1. The molecule has 1 unspecified atom stereocenters. The van der Waals surface area contributed by atoms with E-state index in [1.54, 1.807) is 19.3 Å². The van der Waals surface area contributed by atoms with Crippen LogP contribution in [0.4, 0.5) is 23.1 Å². The number of hydrogen-bond donors (Lipinski definition) is 4. The highest BCUT2D eigenvalue weighted by molar-refractivity contribution is 9.10. The zero-order valence-corrected chi connectivity index (χ0v) is 20.2. The van der Waals surface area contributed by atoms with Gasteiger partial charge in [-0.25, -0.2) is 4.98 Å². The molecule has 0 spiro atoms. The summed E-state index contributed by atoms with van der Waals surface area (Å²) >= 11 is 3.49. The average Bonchev–Trinajstić information content (AvgIpc) is 2.81. The van der Waals surface area contributed by atoms with Crippen molar-refractivity contribution in [1.29, 1.82) is 0 Å². The van der Waals surface area contributed by atoms with E-state index in [0.717, 1.165) is 25.2 Å². The number of aromatic nitrogens is 2. The molecule has 0 aliphatic carbocycles. The second kappa shape index (κ2) is 10.3. The van der Waals surface area contributed by atoms with E-state index in [1.807, 2.05) is 31.2 Å². The Morgan fingerprint density at radius 3 is 2.82 bits per heavy atom. The van der Waals surface area contributed by atoms with Gasteiger partial charge in [0.05, 0.1) is 21.8 Å². The summed E-state index contributed by atoms with van der Waals surface area (Å²) in [6.07, 6.45) is 2.28. The van der Waals surface area contributed by atoms with Gasteiger partial charge in [0.1, 0.15) is 5.82 Å². The molecule has 4 N–H and O–H groups in total. The quantitative estimate of drug-likeness (QED) is 0.383. The molecular formula is C24H27BrN6O2. The number of aliphatic hydroxyl groups is 1. The fourth-order valence-electron chi connectivity index (χ4n) is 3.92. The summed E-state index contributed by atoms with van der Waals surface area (Å²) in [5.41, 5.74) is 4.66. The summed E-state index contributed by atoms with van der Waals surface area (Å²) in [4.78, 5) is 23.4. The van der Waals surface area contributed by atoms with E-state index >= 15 is 0 Å². The monoisotopic (exact) mass is 510 g/mol. The zero-order chi connectivity index (χ0) is 23.4. The topological polar surface area (TPSA) is 102 Å². The molecule has 0 fully saturated rings. The van der Waals surface area contributed by atoms with E-state index in [4.69, 9.17) is 0 Å². The largest absolute Gasteiger partial charge is 0.392 e. The van der Waals surface area contributed by atoms with Crippen molar-refractivity contribution >= 4 is 45.0 Å². The lowest BCUT2D eigenvalue weighted by Gasteiger charge is -2.29. The Labute approximate surface area is 201 Å². The van der Waals surface area contributed by atoms with Crippen LogP contribution in [0.15, 0.2) is 53.1 Å². The van der Waals surface area contributed by atoms with Gasteiger partial charge in [0.15, 0.2) is 0 Å². The highest BCUT2D eigenvalue weighted by atomic mass is 79.9. The molecule has 0 saturated heterocycles. The number of amides is 1. The summed E-state index contributed by atoms with van der Waals surface area (Å²) in [6, 6.07) is 13.5. The first-order valence-electron chi connectivity index (χ1n) is 10.8. The van der Waals surface area contributed by atoms with Crippen LogP contribution in [0.2, 0.25) is 0 Å². The average molecular weight is 511 g/mol. The zero-order valence-electron chi connectivity index (χ0n) is 18.6. The third-order valence-corrected chi connectivity index (χ3v) is 6.05. The number of carbonyl (C=O) groups is 1. The summed E-state index contributed by atoms with van der Waals surface area (Å²) in [5, 5.41) is 18.8. The molecule has 1 atom stereocenters. The number of aliphatic hydroxyl groups excluding tert-OH is 1. The van der Waals surface area contributed by atoms with E-state index in [1.165, 1.54) is 11.1 Å². The summed E-state index contributed by atoms with van der Waals surface area (Å²) < 4.78 is 0.684. The van der Waals surface area contributed by atoms with Gasteiger partial charge in [-0.15, -0.1) is 0 Å². The Bertz CT molecular complexity index is 1150. The smallest absolute Gasteiger partial charge is 0.253 e. The van der Waals surface area contributed by atoms with Crippen LogP contribution in [0.5, 0.6) is 0 Å². The third-order valence-electron chi connectivity index (χ3n) is 5.47. The standard InChI is InChI=1S/C24H27BrN6O2/c1-15(32)13-31-10-9-16-11-18(8-7-17(16)14-31)28-24-27-12-20(25)22(30-24)29-21-6-4-3-5-19(21)23(33)26-2/h3-8,11-12,15,32H,9-10,13-14H2,1-2H3,(H,26,33)(H2,27,28,29,30). The van der Waals surface area contributed by atoms with Crippen molar-refractivity contribution in [1.82, 2.24) is 20.2 Å². The molecule has 1 amide bonds. The van der Waals surface area contributed by atoms with Crippen LogP contribution in [-0.4, -0.2) is 52.1 Å². The van der Waals surface area contributed by atoms with Gasteiger partial charge in [0.25, 0.3) is 5.91 Å². The number of para-hydroxylation sites is 1. The molecule has 2 aromatic carbocycles. The van der Waals surface area contributed by atoms with E-state index in [9.17, 15) is 9.90 Å². The minimum Gasteiger partial charge on any atom is -0.392 e. The van der Waals surface area contributed by atoms with E-state index in [0.29, 0.717) is 34.0 Å². The van der Waals surface area contributed by atoms with E-state index in [2.05, 4.69) is 58.9 Å². The first kappa shape index (κ1) is 23.2. The molecule has 33 heavy (non-hydrogen) atoms. The summed E-state index contributed by atoms with van der Waals surface area (Å²) in [7, 11) is 1.60. The van der Waals surface area contributed by atoms with Crippen molar-refractivity contribution in [3.63, 3.8) is 0 Å². The Morgan fingerprint density at radius 2 is 2.03 bits per heavy atom. The van der Waals surface area contributed by atoms with Crippen LogP contribution >= 0.6 is 15.9 Å². The van der Waals surface area contributed by atoms with Gasteiger partial charge < -0.3 is 21.1 Å². The lowest BCUT2D eigenvalue weighted by molar-refractivity contribution is 0.0964. The van der Waals surface area contributed by atoms with Crippen LogP contribution in [0.3, 0.4) is 0 Å². The molecule has 1 aliphatic rings. The van der Waals surface area contributed by atoms with Crippen molar-refractivity contribution in [2.45, 2.75) is 26.0 Å². The molecule has 3 aromatic rings. The number of nitrogens with one attached hydrogen (secondary N) is 3. The molecule has 0 radical (unpaired) electrons. The molecule has 2 heterocycles. The molecule has 1 aliphatic heterocycles. The van der Waals surface area contributed by atoms with Gasteiger partial charge in [-0.05, 0) is 64.7 Å². The van der Waals surface area contributed by atoms with Crippen molar-refractivity contribution in [3.05, 3.63) is 69.8 Å². The van der Waals surface area contributed by atoms with Gasteiger partial charge in [-0.2, -0.15) is 4.98 Å². The highest BCUT2D eigenvalue weighted by Crippen LogP contribution is 2.28. The summed E-state index contributed by atoms with van der Waals surface area (Å²) in [5.74, 6) is 0.822. The summed E-state index contributed by atoms with van der Waals surface area (Å²) in [6.45, 7) is 4.27. The Hall–Kier alpha value is -3.01. The van der Waals surface area contributed by atoms with Gasteiger partial charge in [-0.1, -0.05) is 18.2 Å². The molecule has 0 saturated carbocycles. The maximum absolute atomic E-state index is 12.2. The van der Waals surface area contributed by atoms with Crippen molar-refractivity contribution in [3.8, 4) is 0 Å². The third kappa shape index (κ3) is 5.68. The number of benzene rings is 2. The fraction of sp³-hybridized carbons (Fsp3) is 0.292. The fourth-order valence-corrected chi connectivity index (χ4v) is 4.21. The molecule has 4 rings (SSSR count). The van der Waals surface area contributed by atoms with E-state index < -0.39 is 0 Å². The molecule has 8 nitrogen and oxygen atoms in total. The number of nitrogens with zero attached hydrogens (tertiary/aromatic N) is 3. The Morgan fingerprint density at radius 1 is 1.21 bits per heavy atom. The molecule has 9 heteroatoms. The van der Waals surface area contributed by atoms with Gasteiger partial charge in [-0.3, -0.25) is 9.69 Å². The SMILES string of the molecule is CNC(=O)c1ccccc1Nc1nc(Nc2ccc3c(c2)CCN(CC(C)O)C3)ncc1Br. The van der Waals surface area contributed by atoms with E-state index in [-0.39, 0.29) is 12.0 Å². The minimum absolute atomic E-state index is 0.178. The van der Waals surface area contributed by atoms with Crippen molar-refractivity contribution in [2.24, 2.45) is 0 Å². The number of carbonyl (C=O) groups excluding carboxylic acids is 1. The van der Waals surface area contributed by atoms with Gasteiger partial charge >= 0.3 is 0 Å². The van der Waals surface area contributed by atoms with Crippen LogP contribution in [0.25, 0.3) is 0 Å². The highest BCUT2D eigenvalue weighted by Gasteiger charge is 2.18. The molecule has 172 valence electrons. The lowest BCUT2D eigenvalue weighted by atomic mass is 9.99. The lowest BCUT2D eigenvalue weighted by Crippen LogP contribution is -2.35. The number of β-amino-alcohol motifs (C(OH)–C–C–N with tert-alkyl or cyclic N) is 1. The first-order valence-corrected chi connectivity index (χ1v) is 11.6. The number of rotatable bonds is 7. The molecule has 0 bridgehead atoms. The molecular weight excluding hydrogens is 484 g/mol. The number of anilines is 4. The number of hydrogen-bond acceptors (Lipinski definition) is 7. The predicted molar refractivity (Wildman–Crippen MR) is 133 cm³/mol. The van der Waals surface area contributed by atoms with Crippen molar-refractivity contribution in [2.75, 3.05) is 30.8 Å². The van der Waals surface area contributed by atoms with Crippen LogP contribution in [-0.2, 0) is 13.0 Å². The second-order valence-corrected chi connectivity index (χ2v) is 8.94. The van der Waals surface area contributed by atoms with Crippen molar-refractivity contribution < 1.29 is 9.90 Å². The van der Waals surface area contributed by atoms with Gasteiger partial charge in [0.2, 0.25) is 5.95 Å². The molecule has 1 aromatic heterocycles. The Balaban J connectivity index is 1.51. The van der Waals surface area contributed by atoms with Crippen LogP contribution in [0.1, 0.15) is 28.4 Å². The second-order valence-electron chi connectivity index (χ2n) is 8.08. The maximum Gasteiger partial charge on any atom is 0.253 e.